The van der Waals surface area contributed by atoms with Gasteiger partial charge in [-0.1, -0.05) is 0 Å². The summed E-state index contributed by atoms with van der Waals surface area (Å²) in [6, 6.07) is 0. The fraction of sp³-hybridized carbons (Fsp3) is 0.625. The molecule has 0 aliphatic carbocycles. The van der Waals surface area contributed by atoms with E-state index < -0.39 is 0 Å². The Balaban J connectivity index is 1.68. The van der Waals surface area contributed by atoms with Crippen LogP contribution in [-0.4, -0.2) is 39.8 Å². The Kier molecular flexibility index (Phi) is 2.62. The van der Waals surface area contributed by atoms with Crippen molar-refractivity contribution in [2.24, 2.45) is 5.92 Å². The molecule has 1 fully saturated rings. The number of carbonyl (C=O) groups is 1. The number of rotatable bonds is 3. The number of hydrogen-bond acceptors (Lipinski definition) is 5. The van der Waals surface area contributed by atoms with Crippen LogP contribution < -0.4 is 5.32 Å². The Morgan fingerprint density at radius 3 is 3.14 bits per heavy atom. The third-order valence-corrected chi connectivity index (χ3v) is 2.93. The van der Waals surface area contributed by atoms with E-state index in [4.69, 9.17) is 0 Å². The second-order valence-corrected chi connectivity index (χ2v) is 4.20. The lowest BCUT2D eigenvalue weighted by Crippen LogP contribution is -2.51. The topological polar surface area (TPSA) is 58.1 Å². The second-order valence-electron chi connectivity index (χ2n) is 3.42. The highest BCUT2D eigenvalue weighted by Crippen LogP contribution is 2.16. The zero-order chi connectivity index (χ0) is 9.97. The van der Waals surface area contributed by atoms with Crippen LogP contribution in [0.2, 0.25) is 0 Å². The SMILES string of the molecule is CC(=O)N1CC(CNc2ncns2)C1. The van der Waals surface area contributed by atoms with Crippen LogP contribution >= 0.6 is 11.5 Å². The quantitative estimate of drug-likeness (QED) is 0.789. The van der Waals surface area contributed by atoms with Crippen LogP contribution in [0.3, 0.4) is 0 Å². The predicted octanol–water partition coefficient (Wildman–Crippen LogP) is 0.428. The molecule has 0 spiro atoms. The molecule has 1 aromatic rings. The molecule has 1 N–H and O–H groups in total. The zero-order valence-corrected chi connectivity index (χ0v) is 8.75. The highest BCUT2D eigenvalue weighted by atomic mass is 32.1. The van der Waals surface area contributed by atoms with Gasteiger partial charge in [0.25, 0.3) is 0 Å². The second kappa shape index (κ2) is 3.91. The zero-order valence-electron chi connectivity index (χ0n) is 7.93. The summed E-state index contributed by atoms with van der Waals surface area (Å²) >= 11 is 1.35. The lowest BCUT2D eigenvalue weighted by Gasteiger charge is -2.38. The average molecular weight is 212 g/mol. The van der Waals surface area contributed by atoms with E-state index in [0.717, 1.165) is 24.8 Å². The minimum Gasteiger partial charge on any atom is -0.360 e. The van der Waals surface area contributed by atoms with Gasteiger partial charge >= 0.3 is 0 Å². The van der Waals surface area contributed by atoms with Crippen LogP contribution in [-0.2, 0) is 4.79 Å². The van der Waals surface area contributed by atoms with Crippen molar-refractivity contribution in [2.45, 2.75) is 6.92 Å². The van der Waals surface area contributed by atoms with Crippen LogP contribution in [0.5, 0.6) is 0 Å². The van der Waals surface area contributed by atoms with Gasteiger partial charge in [0.05, 0.1) is 0 Å². The lowest BCUT2D eigenvalue weighted by molar-refractivity contribution is -0.134. The van der Waals surface area contributed by atoms with Crippen molar-refractivity contribution < 1.29 is 4.79 Å². The maximum absolute atomic E-state index is 10.9. The van der Waals surface area contributed by atoms with E-state index >= 15 is 0 Å². The third kappa shape index (κ3) is 2.01. The van der Waals surface area contributed by atoms with E-state index in [0.29, 0.717) is 5.92 Å². The molecule has 14 heavy (non-hydrogen) atoms. The van der Waals surface area contributed by atoms with Crippen molar-refractivity contribution in [1.82, 2.24) is 14.3 Å². The fourth-order valence-corrected chi connectivity index (χ4v) is 1.88. The van der Waals surface area contributed by atoms with E-state index in [2.05, 4.69) is 14.7 Å². The van der Waals surface area contributed by atoms with Crippen LogP contribution in [0.15, 0.2) is 6.33 Å². The fourth-order valence-electron chi connectivity index (χ4n) is 1.44. The molecule has 76 valence electrons. The molecule has 1 saturated heterocycles. The van der Waals surface area contributed by atoms with Crippen molar-refractivity contribution in [2.75, 3.05) is 25.0 Å². The molecular formula is C8H12N4OS. The van der Waals surface area contributed by atoms with Crippen LogP contribution in [0.25, 0.3) is 0 Å². The average Bonchev–Trinajstić information content (AvgIpc) is 2.52. The first-order chi connectivity index (χ1) is 6.75. The molecule has 1 aliphatic rings. The van der Waals surface area contributed by atoms with Crippen molar-refractivity contribution in [1.29, 1.82) is 0 Å². The predicted molar refractivity (Wildman–Crippen MR) is 54.1 cm³/mol. The molecule has 0 bridgehead atoms. The normalized spacial score (nSPS) is 16.5. The monoisotopic (exact) mass is 212 g/mol. The Morgan fingerprint density at radius 1 is 1.79 bits per heavy atom. The summed E-state index contributed by atoms with van der Waals surface area (Å²) in [5.41, 5.74) is 0. The van der Waals surface area contributed by atoms with Crippen molar-refractivity contribution in [3.8, 4) is 0 Å². The molecular weight excluding hydrogens is 200 g/mol. The van der Waals surface area contributed by atoms with Gasteiger partial charge < -0.3 is 10.2 Å². The molecule has 1 amide bonds. The van der Waals surface area contributed by atoms with Gasteiger partial charge in [-0.3, -0.25) is 4.79 Å². The van der Waals surface area contributed by atoms with Crippen LogP contribution in [0.1, 0.15) is 6.92 Å². The lowest BCUT2D eigenvalue weighted by atomic mass is 10.0. The van der Waals surface area contributed by atoms with Crippen molar-refractivity contribution in [3.63, 3.8) is 0 Å². The summed E-state index contributed by atoms with van der Waals surface area (Å²) in [5.74, 6) is 0.722. The Labute approximate surface area is 86.3 Å². The van der Waals surface area contributed by atoms with E-state index in [1.165, 1.54) is 17.9 Å². The van der Waals surface area contributed by atoms with E-state index in [9.17, 15) is 4.79 Å². The summed E-state index contributed by atoms with van der Waals surface area (Å²) in [5, 5.41) is 4.05. The maximum Gasteiger partial charge on any atom is 0.219 e. The summed E-state index contributed by atoms with van der Waals surface area (Å²) in [7, 11) is 0. The molecule has 0 saturated carbocycles. The van der Waals surface area contributed by atoms with Crippen LogP contribution in [0, 0.1) is 5.92 Å². The van der Waals surface area contributed by atoms with Gasteiger partial charge in [-0.2, -0.15) is 4.37 Å². The first-order valence-electron chi connectivity index (χ1n) is 4.52. The largest absolute Gasteiger partial charge is 0.360 e. The molecule has 0 unspecified atom stereocenters. The summed E-state index contributed by atoms with van der Waals surface area (Å²) in [6.45, 7) is 4.20. The standard InChI is InChI=1S/C8H12N4OS/c1-6(13)12-3-7(4-12)2-9-8-10-5-11-14-8/h5,7H,2-4H2,1H3,(H,9,10,11). The first-order valence-corrected chi connectivity index (χ1v) is 5.29. The molecule has 2 heterocycles. The molecule has 2 rings (SSSR count). The highest BCUT2D eigenvalue weighted by molar-refractivity contribution is 7.09. The van der Waals surface area contributed by atoms with E-state index in [-0.39, 0.29) is 5.91 Å². The number of nitrogens with one attached hydrogen (secondary N) is 1. The highest BCUT2D eigenvalue weighted by Gasteiger charge is 2.28. The van der Waals surface area contributed by atoms with Gasteiger partial charge in [0.2, 0.25) is 11.0 Å². The summed E-state index contributed by atoms with van der Waals surface area (Å²) < 4.78 is 3.89. The smallest absolute Gasteiger partial charge is 0.219 e. The number of carbonyl (C=O) groups excluding carboxylic acids is 1. The molecule has 1 aliphatic heterocycles. The number of anilines is 1. The van der Waals surface area contributed by atoms with Gasteiger partial charge in [0.15, 0.2) is 0 Å². The number of hydrogen-bond donors (Lipinski definition) is 1. The van der Waals surface area contributed by atoms with Gasteiger partial charge in [-0.05, 0) is 0 Å². The van der Waals surface area contributed by atoms with E-state index in [1.807, 2.05) is 4.90 Å². The molecule has 0 atom stereocenters. The molecule has 6 heteroatoms. The Hall–Kier alpha value is -1.17. The minimum absolute atomic E-state index is 0.164. The van der Waals surface area contributed by atoms with Gasteiger partial charge in [0, 0.05) is 44.0 Å². The molecule has 5 nitrogen and oxygen atoms in total. The number of nitrogens with zero attached hydrogens (tertiary/aromatic N) is 3. The van der Waals surface area contributed by atoms with Gasteiger partial charge in [0.1, 0.15) is 6.33 Å². The van der Waals surface area contributed by atoms with Crippen LogP contribution in [0.4, 0.5) is 5.13 Å². The molecule has 0 radical (unpaired) electrons. The Morgan fingerprint density at radius 2 is 2.57 bits per heavy atom. The van der Waals surface area contributed by atoms with Gasteiger partial charge in [-0.15, -0.1) is 0 Å². The number of amides is 1. The maximum atomic E-state index is 10.9. The third-order valence-electron chi connectivity index (χ3n) is 2.31. The first kappa shape index (κ1) is 9.39. The van der Waals surface area contributed by atoms with Crippen molar-refractivity contribution in [3.05, 3.63) is 6.33 Å². The Bertz CT molecular complexity index is 307. The number of likely N-dealkylation sites (tertiary alicyclic amines) is 1. The van der Waals surface area contributed by atoms with Gasteiger partial charge in [-0.25, -0.2) is 4.98 Å². The van der Waals surface area contributed by atoms with Crippen molar-refractivity contribution >= 4 is 22.6 Å². The number of aromatic nitrogens is 2. The minimum atomic E-state index is 0.164. The molecule has 0 aromatic carbocycles. The molecule has 1 aromatic heterocycles. The van der Waals surface area contributed by atoms with E-state index in [1.54, 1.807) is 6.92 Å². The summed E-state index contributed by atoms with van der Waals surface area (Å²) in [6.07, 6.45) is 1.54. The summed E-state index contributed by atoms with van der Waals surface area (Å²) in [4.78, 5) is 16.7.